The zero-order valence-electron chi connectivity index (χ0n) is 22.8. The Morgan fingerprint density at radius 2 is 1.19 bits per heavy atom. The molecule has 43 heavy (non-hydrogen) atoms. The number of hydrogen-bond acceptors (Lipinski definition) is 4. The fraction of sp³-hybridized carbons (Fsp3) is 0. The molecular formula is C37H21N5S. The molecule has 0 unspecified atom stereocenters. The van der Waals surface area contributed by atoms with Crippen LogP contribution in [0.3, 0.4) is 0 Å². The van der Waals surface area contributed by atoms with Gasteiger partial charge in [-0.15, -0.1) is 11.3 Å². The topological polar surface area (TPSA) is 48.0 Å². The Bertz CT molecular complexity index is 2730. The predicted octanol–water partition coefficient (Wildman–Crippen LogP) is 9.56. The van der Waals surface area contributed by atoms with Crippen LogP contribution in [-0.2, 0) is 0 Å². The van der Waals surface area contributed by atoms with Gasteiger partial charge in [-0.1, -0.05) is 97.1 Å². The molecule has 0 saturated heterocycles. The Morgan fingerprint density at radius 3 is 2.05 bits per heavy atom. The number of fused-ring (bicyclic) bond motifs is 13. The molecule has 0 aliphatic heterocycles. The molecule has 0 amide bonds. The molecular weight excluding hydrogens is 547 g/mol. The second-order valence-corrected chi connectivity index (χ2v) is 11.9. The van der Waals surface area contributed by atoms with E-state index in [9.17, 15) is 0 Å². The highest BCUT2D eigenvalue weighted by atomic mass is 32.1. The maximum atomic E-state index is 5.34. The van der Waals surface area contributed by atoms with Gasteiger partial charge in [-0.25, -0.2) is 15.0 Å². The molecule has 0 atom stereocenters. The van der Waals surface area contributed by atoms with Crippen LogP contribution in [0.15, 0.2) is 127 Å². The van der Waals surface area contributed by atoms with E-state index in [2.05, 4.69) is 124 Å². The summed E-state index contributed by atoms with van der Waals surface area (Å²) in [6.07, 6.45) is 0. The van der Waals surface area contributed by atoms with E-state index in [0.717, 1.165) is 66.2 Å². The first kappa shape index (κ1) is 23.0. The van der Waals surface area contributed by atoms with Crippen molar-refractivity contribution in [3.05, 3.63) is 127 Å². The van der Waals surface area contributed by atoms with Crippen molar-refractivity contribution < 1.29 is 0 Å². The van der Waals surface area contributed by atoms with E-state index in [1.54, 1.807) is 0 Å². The molecule has 0 aliphatic rings. The Morgan fingerprint density at radius 1 is 0.512 bits per heavy atom. The van der Waals surface area contributed by atoms with Crippen LogP contribution in [0.25, 0.3) is 86.9 Å². The van der Waals surface area contributed by atoms with E-state index >= 15 is 0 Å². The van der Waals surface area contributed by atoms with Crippen LogP contribution >= 0.6 is 11.3 Å². The molecule has 0 aliphatic carbocycles. The van der Waals surface area contributed by atoms with Gasteiger partial charge in [0, 0.05) is 31.8 Å². The third-order valence-corrected chi connectivity index (χ3v) is 9.68. The lowest BCUT2D eigenvalue weighted by Crippen LogP contribution is -2.04. The van der Waals surface area contributed by atoms with E-state index in [0.29, 0.717) is 5.95 Å². The minimum Gasteiger partial charge on any atom is -0.289 e. The highest BCUT2D eigenvalue weighted by Crippen LogP contribution is 2.45. The van der Waals surface area contributed by atoms with Crippen LogP contribution in [0.4, 0.5) is 0 Å². The summed E-state index contributed by atoms with van der Waals surface area (Å²) in [4.78, 5) is 15.8. The average molecular weight is 568 g/mol. The summed E-state index contributed by atoms with van der Waals surface area (Å²) in [5, 5.41) is 4.56. The van der Waals surface area contributed by atoms with Crippen molar-refractivity contribution in [2.75, 3.05) is 0 Å². The molecule has 0 bridgehead atoms. The number of para-hydroxylation sites is 4. The van der Waals surface area contributed by atoms with E-state index in [1.165, 1.54) is 14.8 Å². The fourth-order valence-electron chi connectivity index (χ4n) is 6.70. The smallest absolute Gasteiger partial charge is 0.235 e. The zero-order valence-corrected chi connectivity index (χ0v) is 23.6. The van der Waals surface area contributed by atoms with Crippen LogP contribution in [0.5, 0.6) is 0 Å². The summed E-state index contributed by atoms with van der Waals surface area (Å²) < 4.78 is 7.05. The van der Waals surface area contributed by atoms with Gasteiger partial charge in [0.2, 0.25) is 5.95 Å². The predicted molar refractivity (Wildman–Crippen MR) is 178 cm³/mol. The first-order valence-corrected chi connectivity index (χ1v) is 15.1. The Hall–Kier alpha value is -5.59. The van der Waals surface area contributed by atoms with Crippen molar-refractivity contribution in [1.82, 2.24) is 23.9 Å². The molecule has 5 heterocycles. The van der Waals surface area contributed by atoms with Crippen molar-refractivity contribution in [2.45, 2.75) is 0 Å². The van der Waals surface area contributed by atoms with E-state index in [4.69, 9.17) is 15.0 Å². The molecule has 10 aromatic rings. The lowest BCUT2D eigenvalue weighted by Gasteiger charge is -2.12. The number of rotatable bonds is 2. The van der Waals surface area contributed by atoms with Gasteiger partial charge in [0.05, 0.1) is 43.5 Å². The molecule has 0 radical (unpaired) electrons. The van der Waals surface area contributed by atoms with Crippen LogP contribution in [-0.4, -0.2) is 23.9 Å². The summed E-state index contributed by atoms with van der Waals surface area (Å²) >= 11 is 1.81. The van der Waals surface area contributed by atoms with Crippen LogP contribution < -0.4 is 0 Å². The lowest BCUT2D eigenvalue weighted by atomic mass is 10.1. The number of benzene rings is 5. The van der Waals surface area contributed by atoms with Crippen molar-refractivity contribution >= 4 is 81.0 Å². The Balaban J connectivity index is 1.48. The van der Waals surface area contributed by atoms with Gasteiger partial charge in [-0.05, 0) is 30.3 Å². The van der Waals surface area contributed by atoms with Crippen LogP contribution in [0.2, 0.25) is 0 Å². The summed E-state index contributed by atoms with van der Waals surface area (Å²) in [5.74, 6) is 0.659. The summed E-state index contributed by atoms with van der Waals surface area (Å²) in [7, 11) is 0. The molecule has 0 spiro atoms. The van der Waals surface area contributed by atoms with Gasteiger partial charge < -0.3 is 0 Å². The number of aromatic nitrogens is 5. The second kappa shape index (κ2) is 8.47. The van der Waals surface area contributed by atoms with Gasteiger partial charge >= 0.3 is 0 Å². The largest absolute Gasteiger partial charge is 0.289 e. The molecule has 5 nitrogen and oxygen atoms in total. The summed E-state index contributed by atoms with van der Waals surface area (Å²) in [6, 6.07) is 44.4. The molecule has 6 heteroatoms. The van der Waals surface area contributed by atoms with Gasteiger partial charge in [0.1, 0.15) is 5.65 Å². The Labute approximate surface area is 248 Å². The van der Waals surface area contributed by atoms with Crippen LogP contribution in [0.1, 0.15) is 0 Å². The standard InChI is InChI=1S/C37H21N5S/c1-2-12-22(13-3-1)32-23-14-4-7-17-26(23)39-37(40-32)42-28-19-9-5-15-24(28)33-34(42)35-31(25-16-6-11-21-30(25)43-35)36-38-27-18-8-10-20-29(27)41(33)36/h1-21H. The number of imidazole rings is 1. The van der Waals surface area contributed by atoms with Gasteiger partial charge in [0.25, 0.3) is 0 Å². The van der Waals surface area contributed by atoms with Crippen molar-refractivity contribution in [2.24, 2.45) is 0 Å². The molecule has 5 aromatic carbocycles. The summed E-state index contributed by atoms with van der Waals surface area (Å²) in [6.45, 7) is 0. The quantitative estimate of drug-likeness (QED) is 0.209. The first-order chi connectivity index (χ1) is 21.3. The highest BCUT2D eigenvalue weighted by molar-refractivity contribution is 7.26. The zero-order chi connectivity index (χ0) is 28.1. The van der Waals surface area contributed by atoms with E-state index in [1.807, 2.05) is 23.5 Å². The van der Waals surface area contributed by atoms with Crippen molar-refractivity contribution in [3.63, 3.8) is 0 Å². The average Bonchev–Trinajstić information content (AvgIpc) is 3.74. The number of hydrogen-bond donors (Lipinski definition) is 0. The SMILES string of the molecule is c1ccc(-c2nc(-n3c4ccccc4c4c3c3sc5ccccc5c3c3nc5ccccc5n34)nc3ccccc23)cc1. The maximum absolute atomic E-state index is 5.34. The minimum absolute atomic E-state index is 0.659. The van der Waals surface area contributed by atoms with Crippen molar-refractivity contribution in [1.29, 1.82) is 0 Å². The lowest BCUT2D eigenvalue weighted by molar-refractivity contribution is 1.02. The van der Waals surface area contributed by atoms with Crippen molar-refractivity contribution in [3.8, 4) is 17.2 Å². The van der Waals surface area contributed by atoms with E-state index in [-0.39, 0.29) is 0 Å². The molecule has 0 saturated carbocycles. The molecule has 5 aromatic heterocycles. The van der Waals surface area contributed by atoms with Gasteiger partial charge in [-0.3, -0.25) is 8.97 Å². The molecule has 200 valence electrons. The van der Waals surface area contributed by atoms with E-state index < -0.39 is 0 Å². The monoisotopic (exact) mass is 567 g/mol. The maximum Gasteiger partial charge on any atom is 0.235 e. The molecule has 0 fully saturated rings. The third-order valence-electron chi connectivity index (χ3n) is 8.51. The Kier molecular flexibility index (Phi) is 4.54. The van der Waals surface area contributed by atoms with Gasteiger partial charge in [0.15, 0.2) is 0 Å². The normalized spacial score (nSPS) is 12.2. The number of nitrogens with zero attached hydrogens (tertiary/aromatic N) is 5. The number of pyridine rings is 1. The summed E-state index contributed by atoms with van der Waals surface area (Å²) in [5.41, 5.74) is 9.25. The highest BCUT2D eigenvalue weighted by Gasteiger charge is 2.25. The molecule has 0 N–H and O–H groups in total. The third kappa shape index (κ3) is 3.07. The minimum atomic E-state index is 0.659. The number of thiophene rings is 1. The van der Waals surface area contributed by atoms with Gasteiger partial charge in [-0.2, -0.15) is 0 Å². The fourth-order valence-corrected chi connectivity index (χ4v) is 7.94. The first-order valence-electron chi connectivity index (χ1n) is 14.3. The van der Waals surface area contributed by atoms with Crippen LogP contribution in [0, 0.1) is 0 Å². The molecule has 10 rings (SSSR count). The second-order valence-electron chi connectivity index (χ2n) is 10.9.